The summed E-state index contributed by atoms with van der Waals surface area (Å²) in [4.78, 5) is 16.1. The molecule has 2 N–H and O–H groups in total. The van der Waals surface area contributed by atoms with E-state index in [9.17, 15) is 4.79 Å². The number of benzene rings is 2. The van der Waals surface area contributed by atoms with E-state index in [-0.39, 0.29) is 11.8 Å². The number of nitrogens with two attached hydrogens (primary N) is 1. The van der Waals surface area contributed by atoms with Gasteiger partial charge in [-0.05, 0) is 30.2 Å². The second-order valence-electron chi connectivity index (χ2n) is 6.78. The van der Waals surface area contributed by atoms with E-state index in [0.29, 0.717) is 18.4 Å². The zero-order chi connectivity index (χ0) is 17.6. The fourth-order valence-electron chi connectivity index (χ4n) is 3.49. The van der Waals surface area contributed by atoms with Crippen LogP contribution in [0.2, 0.25) is 0 Å². The molecule has 25 heavy (non-hydrogen) atoms. The lowest BCUT2D eigenvalue weighted by Crippen LogP contribution is -2.35. The van der Waals surface area contributed by atoms with Crippen molar-refractivity contribution in [1.82, 2.24) is 4.90 Å². The highest BCUT2D eigenvalue weighted by Gasteiger charge is 2.36. The number of hydrogen-bond acceptors (Lipinski definition) is 3. The van der Waals surface area contributed by atoms with Crippen molar-refractivity contribution in [2.24, 2.45) is 17.6 Å². The van der Waals surface area contributed by atoms with Gasteiger partial charge in [0.05, 0.1) is 0 Å². The van der Waals surface area contributed by atoms with Gasteiger partial charge in [-0.3, -0.25) is 4.79 Å². The Hall–Kier alpha value is -1.78. The molecule has 1 unspecified atom stereocenters. The van der Waals surface area contributed by atoms with Crippen LogP contribution in [-0.4, -0.2) is 36.2 Å². The lowest BCUT2D eigenvalue weighted by atomic mass is 9.89. The first-order valence-electron chi connectivity index (χ1n) is 8.90. The summed E-state index contributed by atoms with van der Waals surface area (Å²) in [6.07, 6.45) is 0. The highest BCUT2D eigenvalue weighted by atomic mass is 32.2. The summed E-state index contributed by atoms with van der Waals surface area (Å²) in [7, 11) is 0. The van der Waals surface area contributed by atoms with Crippen LogP contribution < -0.4 is 5.73 Å². The van der Waals surface area contributed by atoms with Crippen molar-refractivity contribution in [1.29, 1.82) is 0 Å². The van der Waals surface area contributed by atoms with Crippen LogP contribution in [-0.2, 0) is 4.79 Å². The van der Waals surface area contributed by atoms with Gasteiger partial charge in [-0.25, -0.2) is 0 Å². The Morgan fingerprint density at radius 2 is 1.76 bits per heavy atom. The molecule has 3 atom stereocenters. The van der Waals surface area contributed by atoms with Crippen molar-refractivity contribution in [3.05, 3.63) is 66.2 Å². The molecule has 0 aliphatic carbocycles. The Labute approximate surface area is 154 Å². The van der Waals surface area contributed by atoms with Crippen LogP contribution in [0.3, 0.4) is 0 Å². The molecule has 0 bridgehead atoms. The largest absolute Gasteiger partial charge is 0.341 e. The molecule has 4 heteroatoms. The number of amides is 1. The molecule has 1 amide bonds. The van der Waals surface area contributed by atoms with E-state index in [0.717, 1.165) is 18.8 Å². The van der Waals surface area contributed by atoms with Gasteiger partial charge in [0.1, 0.15) is 0 Å². The van der Waals surface area contributed by atoms with Crippen molar-refractivity contribution < 1.29 is 4.79 Å². The Morgan fingerprint density at radius 1 is 1.12 bits per heavy atom. The van der Waals surface area contributed by atoms with E-state index in [2.05, 4.69) is 36.4 Å². The van der Waals surface area contributed by atoms with Gasteiger partial charge in [0, 0.05) is 35.6 Å². The summed E-state index contributed by atoms with van der Waals surface area (Å²) in [5, 5.41) is 0. The van der Waals surface area contributed by atoms with E-state index in [1.807, 2.05) is 36.1 Å². The van der Waals surface area contributed by atoms with E-state index in [4.69, 9.17) is 5.73 Å². The summed E-state index contributed by atoms with van der Waals surface area (Å²) >= 11 is 1.75. The average Bonchev–Trinajstić information content (AvgIpc) is 3.11. The van der Waals surface area contributed by atoms with Gasteiger partial charge in [-0.1, -0.05) is 55.5 Å². The first-order chi connectivity index (χ1) is 12.2. The number of hydrogen-bond donors (Lipinski definition) is 1. The summed E-state index contributed by atoms with van der Waals surface area (Å²) in [6, 6.07) is 20.7. The van der Waals surface area contributed by atoms with Crippen molar-refractivity contribution in [3.63, 3.8) is 0 Å². The zero-order valence-corrected chi connectivity index (χ0v) is 15.5. The average molecular weight is 355 g/mol. The molecule has 0 saturated carbocycles. The van der Waals surface area contributed by atoms with Gasteiger partial charge < -0.3 is 10.6 Å². The van der Waals surface area contributed by atoms with Crippen LogP contribution in [0.25, 0.3) is 0 Å². The number of carbonyl (C=O) groups is 1. The molecule has 1 heterocycles. The fourth-order valence-corrected chi connectivity index (χ4v) is 4.42. The smallest absolute Gasteiger partial charge is 0.226 e. The second kappa shape index (κ2) is 8.54. The molecule has 132 valence electrons. The second-order valence-corrected chi connectivity index (χ2v) is 7.87. The Morgan fingerprint density at radius 3 is 2.40 bits per heavy atom. The molecule has 0 spiro atoms. The number of likely N-dealkylation sites (tertiary alicyclic amines) is 1. The monoisotopic (exact) mass is 354 g/mol. The molecule has 1 aliphatic heterocycles. The van der Waals surface area contributed by atoms with Gasteiger partial charge in [0.15, 0.2) is 0 Å². The van der Waals surface area contributed by atoms with Gasteiger partial charge in [0.25, 0.3) is 0 Å². The van der Waals surface area contributed by atoms with E-state index >= 15 is 0 Å². The third kappa shape index (κ3) is 4.44. The predicted molar refractivity (Wildman–Crippen MR) is 105 cm³/mol. The molecular weight excluding hydrogens is 328 g/mol. The molecule has 1 fully saturated rings. The molecule has 2 aromatic rings. The van der Waals surface area contributed by atoms with Crippen molar-refractivity contribution in [3.8, 4) is 0 Å². The quantitative estimate of drug-likeness (QED) is 0.806. The molecule has 0 aromatic heterocycles. The van der Waals surface area contributed by atoms with Crippen molar-refractivity contribution in [2.45, 2.75) is 17.7 Å². The Kier molecular flexibility index (Phi) is 6.16. The van der Waals surface area contributed by atoms with Gasteiger partial charge in [0.2, 0.25) is 5.91 Å². The van der Waals surface area contributed by atoms with Crippen LogP contribution in [0.1, 0.15) is 18.4 Å². The molecule has 1 saturated heterocycles. The normalized spacial score (nSPS) is 21.3. The molecular formula is C21H26N2OS. The van der Waals surface area contributed by atoms with Crippen LogP contribution >= 0.6 is 11.8 Å². The summed E-state index contributed by atoms with van der Waals surface area (Å²) in [5.74, 6) is 1.77. The maximum atomic E-state index is 12.9. The van der Waals surface area contributed by atoms with Crippen LogP contribution in [0.15, 0.2) is 65.6 Å². The SMILES string of the molecule is CC(CSc1ccccc1)C(=O)N1C[C@@H](CN)[C@H](c2ccccc2)C1. The van der Waals surface area contributed by atoms with Gasteiger partial charge in [-0.15, -0.1) is 11.8 Å². The Balaban J connectivity index is 1.60. The number of nitrogens with zero attached hydrogens (tertiary/aromatic N) is 1. The summed E-state index contributed by atoms with van der Waals surface area (Å²) in [6.45, 7) is 4.21. The maximum Gasteiger partial charge on any atom is 0.226 e. The van der Waals surface area contributed by atoms with Crippen molar-refractivity contribution in [2.75, 3.05) is 25.4 Å². The molecule has 1 aliphatic rings. The molecule has 0 radical (unpaired) electrons. The lowest BCUT2D eigenvalue weighted by Gasteiger charge is -2.21. The standard InChI is InChI=1S/C21H26N2OS/c1-16(15-25-19-10-6-3-7-11-19)21(24)23-13-18(12-22)20(14-23)17-8-4-2-5-9-17/h2-11,16,18,20H,12-15,22H2,1H3/t16?,18-,20+/m1/s1. The highest BCUT2D eigenvalue weighted by Crippen LogP contribution is 2.33. The van der Waals surface area contributed by atoms with Crippen molar-refractivity contribution >= 4 is 17.7 Å². The minimum Gasteiger partial charge on any atom is -0.341 e. The predicted octanol–water partition coefficient (Wildman–Crippen LogP) is 3.62. The highest BCUT2D eigenvalue weighted by molar-refractivity contribution is 7.99. The molecule has 2 aromatic carbocycles. The number of thioether (sulfide) groups is 1. The van der Waals surface area contributed by atoms with E-state index in [1.165, 1.54) is 10.5 Å². The Bertz CT molecular complexity index is 677. The number of carbonyl (C=O) groups excluding carboxylic acids is 1. The summed E-state index contributed by atoms with van der Waals surface area (Å²) < 4.78 is 0. The minimum atomic E-state index is 0.0122. The summed E-state index contributed by atoms with van der Waals surface area (Å²) in [5.41, 5.74) is 7.28. The molecule has 3 nitrogen and oxygen atoms in total. The van der Waals surface area contributed by atoms with Gasteiger partial charge in [-0.2, -0.15) is 0 Å². The minimum absolute atomic E-state index is 0.0122. The van der Waals surface area contributed by atoms with Gasteiger partial charge >= 0.3 is 0 Å². The third-order valence-corrected chi connectivity index (χ3v) is 6.22. The zero-order valence-electron chi connectivity index (χ0n) is 14.7. The fraction of sp³-hybridized carbons (Fsp3) is 0.381. The van der Waals surface area contributed by atoms with E-state index in [1.54, 1.807) is 11.8 Å². The van der Waals surface area contributed by atoms with Crippen LogP contribution in [0.5, 0.6) is 0 Å². The number of rotatable bonds is 6. The lowest BCUT2D eigenvalue weighted by molar-refractivity contribution is -0.133. The third-order valence-electron chi connectivity index (χ3n) is 4.95. The van der Waals surface area contributed by atoms with Crippen LogP contribution in [0, 0.1) is 11.8 Å². The van der Waals surface area contributed by atoms with E-state index < -0.39 is 0 Å². The first-order valence-corrected chi connectivity index (χ1v) is 9.89. The first kappa shape index (κ1) is 18.0. The topological polar surface area (TPSA) is 46.3 Å². The maximum absolute atomic E-state index is 12.9. The molecule has 3 rings (SSSR count). The van der Waals surface area contributed by atoms with Crippen LogP contribution in [0.4, 0.5) is 0 Å².